The van der Waals surface area contributed by atoms with Crippen LogP contribution in [0.15, 0.2) is 35.2 Å². The summed E-state index contributed by atoms with van der Waals surface area (Å²) < 4.78 is -0.0672. The smallest absolute Gasteiger partial charge is 0.304 e. The fourth-order valence-electron chi connectivity index (χ4n) is 0.836. The van der Waals surface area contributed by atoms with Crippen LogP contribution in [-0.2, 0) is 4.79 Å². The second kappa shape index (κ2) is 6.53. The van der Waals surface area contributed by atoms with E-state index in [1.807, 2.05) is 30.3 Å². The van der Waals surface area contributed by atoms with Gasteiger partial charge in [-0.3, -0.25) is 9.59 Å². The number of benzene rings is 1. The van der Waals surface area contributed by atoms with Crippen LogP contribution in [-0.4, -0.2) is 21.3 Å². The SMILES string of the molecule is O=C(O)CCSC(=O)Sc1ccccc1. The minimum atomic E-state index is -0.875. The summed E-state index contributed by atoms with van der Waals surface area (Å²) in [5, 5.41) is 8.38. The van der Waals surface area contributed by atoms with Crippen molar-refractivity contribution in [3.05, 3.63) is 30.3 Å². The van der Waals surface area contributed by atoms with Crippen molar-refractivity contribution in [2.75, 3.05) is 5.75 Å². The molecule has 5 heteroatoms. The molecule has 0 aliphatic carbocycles. The summed E-state index contributed by atoms with van der Waals surface area (Å²) in [5.41, 5.74) is 0. The number of rotatable bonds is 4. The number of thioether (sulfide) groups is 2. The normalized spacial score (nSPS) is 9.87. The van der Waals surface area contributed by atoms with E-state index in [2.05, 4.69) is 0 Å². The standard InChI is InChI=1S/C10H10O3S2/c11-9(12)6-7-14-10(13)15-8-4-2-1-3-5-8/h1-5H,6-7H2,(H,11,12). The fraction of sp³-hybridized carbons (Fsp3) is 0.200. The third-order valence-corrected chi connectivity index (χ3v) is 3.40. The van der Waals surface area contributed by atoms with Gasteiger partial charge in [-0.25, -0.2) is 0 Å². The highest BCUT2D eigenvalue weighted by atomic mass is 32.2. The first-order valence-electron chi connectivity index (χ1n) is 4.30. The average molecular weight is 242 g/mol. The molecule has 0 heterocycles. The summed E-state index contributed by atoms with van der Waals surface area (Å²) in [7, 11) is 0. The van der Waals surface area contributed by atoms with E-state index in [4.69, 9.17) is 5.11 Å². The Morgan fingerprint density at radius 3 is 2.47 bits per heavy atom. The topological polar surface area (TPSA) is 54.4 Å². The molecule has 15 heavy (non-hydrogen) atoms. The summed E-state index contributed by atoms with van der Waals surface area (Å²) in [4.78, 5) is 22.4. The van der Waals surface area contributed by atoms with E-state index in [0.717, 1.165) is 28.4 Å². The van der Waals surface area contributed by atoms with Crippen molar-refractivity contribution in [3.63, 3.8) is 0 Å². The lowest BCUT2D eigenvalue weighted by molar-refractivity contribution is -0.136. The fourth-order valence-corrected chi connectivity index (χ4v) is 2.54. The van der Waals surface area contributed by atoms with Crippen LogP contribution in [0.3, 0.4) is 0 Å². The van der Waals surface area contributed by atoms with Crippen molar-refractivity contribution >= 4 is 33.9 Å². The number of carbonyl (C=O) groups excluding carboxylic acids is 1. The molecular weight excluding hydrogens is 232 g/mol. The maximum absolute atomic E-state index is 11.3. The van der Waals surface area contributed by atoms with Gasteiger partial charge in [0, 0.05) is 10.6 Å². The molecule has 0 fully saturated rings. The molecule has 80 valence electrons. The van der Waals surface area contributed by atoms with E-state index in [1.165, 1.54) is 0 Å². The van der Waals surface area contributed by atoms with Crippen molar-refractivity contribution in [3.8, 4) is 0 Å². The van der Waals surface area contributed by atoms with Gasteiger partial charge in [-0.05, 0) is 23.9 Å². The lowest BCUT2D eigenvalue weighted by atomic mass is 10.4. The zero-order valence-corrected chi connectivity index (χ0v) is 9.51. The van der Waals surface area contributed by atoms with Gasteiger partial charge in [-0.2, -0.15) is 0 Å². The Kier molecular flexibility index (Phi) is 5.28. The molecule has 1 N–H and O–H groups in total. The third-order valence-electron chi connectivity index (χ3n) is 1.48. The second-order valence-electron chi connectivity index (χ2n) is 2.66. The predicted molar refractivity (Wildman–Crippen MR) is 62.4 cm³/mol. The number of carboxylic acids is 1. The van der Waals surface area contributed by atoms with Crippen molar-refractivity contribution in [1.29, 1.82) is 0 Å². The van der Waals surface area contributed by atoms with Gasteiger partial charge in [0.1, 0.15) is 0 Å². The van der Waals surface area contributed by atoms with Crippen LogP contribution in [0, 0.1) is 0 Å². The summed E-state index contributed by atoms with van der Waals surface area (Å²) >= 11 is 2.17. The summed E-state index contributed by atoms with van der Waals surface area (Å²) in [5.74, 6) is -0.548. The van der Waals surface area contributed by atoms with E-state index in [0.29, 0.717) is 5.75 Å². The first-order chi connectivity index (χ1) is 7.18. The number of carbonyl (C=O) groups is 2. The van der Waals surface area contributed by atoms with Gasteiger partial charge in [-0.15, -0.1) is 0 Å². The molecule has 0 unspecified atom stereocenters. The molecule has 1 rings (SSSR count). The quantitative estimate of drug-likeness (QED) is 0.822. The Bertz CT molecular complexity index is 338. The summed E-state index contributed by atoms with van der Waals surface area (Å²) in [6.45, 7) is 0. The zero-order valence-electron chi connectivity index (χ0n) is 7.88. The molecule has 0 aliphatic heterocycles. The van der Waals surface area contributed by atoms with Gasteiger partial charge in [0.15, 0.2) is 0 Å². The minimum Gasteiger partial charge on any atom is -0.481 e. The first kappa shape index (κ1) is 12.1. The zero-order chi connectivity index (χ0) is 11.1. The average Bonchev–Trinajstić information content (AvgIpc) is 2.18. The Morgan fingerprint density at radius 2 is 1.87 bits per heavy atom. The molecule has 0 radical (unpaired) electrons. The summed E-state index contributed by atoms with van der Waals surface area (Å²) in [6, 6.07) is 9.29. The van der Waals surface area contributed by atoms with E-state index in [-0.39, 0.29) is 10.9 Å². The van der Waals surface area contributed by atoms with Crippen molar-refractivity contribution in [2.24, 2.45) is 0 Å². The molecule has 0 aliphatic rings. The lowest BCUT2D eigenvalue weighted by Gasteiger charge is -1.98. The Morgan fingerprint density at radius 1 is 1.20 bits per heavy atom. The minimum absolute atomic E-state index is 0.0196. The number of hydrogen-bond donors (Lipinski definition) is 1. The first-order valence-corrected chi connectivity index (χ1v) is 6.10. The van der Waals surface area contributed by atoms with Gasteiger partial charge in [0.25, 0.3) is 4.45 Å². The molecule has 0 aromatic heterocycles. The molecule has 3 nitrogen and oxygen atoms in total. The van der Waals surface area contributed by atoms with Gasteiger partial charge >= 0.3 is 5.97 Å². The highest BCUT2D eigenvalue weighted by molar-refractivity contribution is 8.38. The van der Waals surface area contributed by atoms with Gasteiger partial charge in [0.2, 0.25) is 0 Å². The lowest BCUT2D eigenvalue weighted by Crippen LogP contribution is -1.97. The van der Waals surface area contributed by atoms with Crippen molar-refractivity contribution < 1.29 is 14.7 Å². The third kappa shape index (κ3) is 5.49. The molecule has 1 aromatic rings. The Balaban J connectivity index is 2.28. The number of aliphatic carboxylic acids is 1. The van der Waals surface area contributed by atoms with E-state index in [1.54, 1.807) is 0 Å². The van der Waals surface area contributed by atoms with Crippen LogP contribution in [0.4, 0.5) is 4.79 Å². The molecule has 0 spiro atoms. The predicted octanol–water partition coefficient (Wildman–Crippen LogP) is 3.11. The van der Waals surface area contributed by atoms with Crippen LogP contribution < -0.4 is 0 Å². The largest absolute Gasteiger partial charge is 0.481 e. The van der Waals surface area contributed by atoms with Gasteiger partial charge in [-0.1, -0.05) is 30.0 Å². The van der Waals surface area contributed by atoms with Crippen LogP contribution in [0.25, 0.3) is 0 Å². The Labute approximate surface area is 96.3 Å². The number of carboxylic acid groups (broad SMARTS) is 1. The maximum atomic E-state index is 11.3. The second-order valence-corrected chi connectivity index (χ2v) is 5.03. The highest BCUT2D eigenvalue weighted by Gasteiger charge is 2.06. The summed E-state index contributed by atoms with van der Waals surface area (Å²) in [6.07, 6.45) is 0.0196. The monoisotopic (exact) mass is 242 g/mol. The highest BCUT2D eigenvalue weighted by Crippen LogP contribution is 2.25. The molecule has 1 aromatic carbocycles. The maximum Gasteiger partial charge on any atom is 0.304 e. The van der Waals surface area contributed by atoms with Crippen LogP contribution in [0.1, 0.15) is 6.42 Å². The van der Waals surface area contributed by atoms with Gasteiger partial charge < -0.3 is 5.11 Å². The molecule has 0 amide bonds. The van der Waals surface area contributed by atoms with Crippen molar-refractivity contribution in [1.82, 2.24) is 0 Å². The van der Waals surface area contributed by atoms with E-state index < -0.39 is 5.97 Å². The Hall–Kier alpha value is -0.940. The van der Waals surface area contributed by atoms with E-state index in [9.17, 15) is 9.59 Å². The van der Waals surface area contributed by atoms with Crippen LogP contribution in [0.5, 0.6) is 0 Å². The van der Waals surface area contributed by atoms with Crippen LogP contribution >= 0.6 is 23.5 Å². The molecule has 0 bridgehead atoms. The van der Waals surface area contributed by atoms with Crippen LogP contribution in [0.2, 0.25) is 0 Å². The van der Waals surface area contributed by atoms with Gasteiger partial charge in [0.05, 0.1) is 6.42 Å². The molecule has 0 saturated carbocycles. The van der Waals surface area contributed by atoms with E-state index >= 15 is 0 Å². The molecular formula is C10H10O3S2. The van der Waals surface area contributed by atoms with Crippen molar-refractivity contribution in [2.45, 2.75) is 11.3 Å². The molecule has 0 atom stereocenters. The number of hydrogen-bond acceptors (Lipinski definition) is 4. The molecule has 0 saturated heterocycles.